The zero-order chi connectivity index (χ0) is 19.0. The Balaban J connectivity index is 2.19. The topological polar surface area (TPSA) is 54.9 Å². The Labute approximate surface area is 153 Å². The molecule has 1 fully saturated rings. The predicted octanol–water partition coefficient (Wildman–Crippen LogP) is 4.40. The maximum absolute atomic E-state index is 14.7. The van der Waals surface area contributed by atoms with Crippen LogP contribution in [0.4, 0.5) is 13.2 Å². The summed E-state index contributed by atoms with van der Waals surface area (Å²) in [5.74, 6) is -4.55. The molecular formula is C19H10ClF3N2O2. The number of nitrogens with zero attached hydrogens (tertiary/aromatic N) is 1. The molecule has 0 aliphatic heterocycles. The van der Waals surface area contributed by atoms with Crippen LogP contribution in [0.5, 0.6) is 0 Å². The van der Waals surface area contributed by atoms with Crippen LogP contribution in [-0.4, -0.2) is 9.55 Å². The van der Waals surface area contributed by atoms with E-state index in [9.17, 15) is 22.8 Å². The number of pyridine rings is 2. The van der Waals surface area contributed by atoms with E-state index in [1.54, 1.807) is 12.1 Å². The second-order valence-electron chi connectivity index (χ2n) is 6.68. The summed E-state index contributed by atoms with van der Waals surface area (Å²) in [4.78, 5) is 28.1. The number of hydrogen-bond donors (Lipinski definition) is 1. The molecule has 4 nitrogen and oxygen atoms in total. The molecule has 0 spiro atoms. The standard InChI is InChI=1S/C19H10ClF3N2O2/c20-7-1-4-9-12(5-7)24-19(27)13-16(9)25(8-2-3-8)17-10(18(13)26)6-11(21)14(22)15(17)23/h1,4-6,8H,2-3H2,(H,24,27). The van der Waals surface area contributed by atoms with Gasteiger partial charge in [0.05, 0.1) is 21.9 Å². The number of rotatable bonds is 1. The highest BCUT2D eigenvalue weighted by molar-refractivity contribution is 6.31. The van der Waals surface area contributed by atoms with Gasteiger partial charge in [0.15, 0.2) is 17.5 Å². The van der Waals surface area contributed by atoms with Gasteiger partial charge in [-0.2, -0.15) is 0 Å². The maximum Gasteiger partial charge on any atom is 0.261 e. The van der Waals surface area contributed by atoms with Crippen LogP contribution in [0.15, 0.2) is 33.9 Å². The van der Waals surface area contributed by atoms with Crippen LogP contribution >= 0.6 is 11.6 Å². The molecule has 8 heteroatoms. The van der Waals surface area contributed by atoms with Crippen molar-refractivity contribution in [3.63, 3.8) is 0 Å². The van der Waals surface area contributed by atoms with Crippen molar-refractivity contribution in [3.05, 3.63) is 67.3 Å². The van der Waals surface area contributed by atoms with Crippen molar-refractivity contribution >= 4 is 44.3 Å². The van der Waals surface area contributed by atoms with Gasteiger partial charge in [0.25, 0.3) is 5.56 Å². The molecule has 136 valence electrons. The molecule has 1 N–H and O–H groups in total. The second kappa shape index (κ2) is 5.36. The van der Waals surface area contributed by atoms with Gasteiger partial charge in [0.1, 0.15) is 5.39 Å². The Morgan fingerprint density at radius 2 is 1.74 bits per heavy atom. The van der Waals surface area contributed by atoms with E-state index in [-0.39, 0.29) is 27.8 Å². The predicted molar refractivity (Wildman–Crippen MR) is 97.0 cm³/mol. The molecule has 27 heavy (non-hydrogen) atoms. The van der Waals surface area contributed by atoms with Crippen molar-refractivity contribution in [2.24, 2.45) is 0 Å². The second-order valence-corrected chi connectivity index (χ2v) is 7.12. The molecule has 0 radical (unpaired) electrons. The Hall–Kier alpha value is -2.80. The first-order chi connectivity index (χ1) is 12.9. The van der Waals surface area contributed by atoms with Gasteiger partial charge in [-0.05, 0) is 37.1 Å². The van der Waals surface area contributed by atoms with Crippen molar-refractivity contribution in [2.75, 3.05) is 0 Å². The fraction of sp³-hybridized carbons (Fsp3) is 0.158. The van der Waals surface area contributed by atoms with E-state index >= 15 is 0 Å². The van der Waals surface area contributed by atoms with Crippen LogP contribution in [0, 0.1) is 17.5 Å². The van der Waals surface area contributed by atoms with Crippen LogP contribution in [0.25, 0.3) is 32.7 Å². The normalized spacial score (nSPS) is 14.5. The Bertz CT molecular complexity index is 1420. The summed E-state index contributed by atoms with van der Waals surface area (Å²) in [6, 6.07) is 5.15. The molecule has 2 aromatic heterocycles. The molecule has 1 saturated carbocycles. The fourth-order valence-electron chi connectivity index (χ4n) is 3.65. The van der Waals surface area contributed by atoms with E-state index in [0.717, 1.165) is 0 Å². The van der Waals surface area contributed by atoms with E-state index < -0.39 is 28.4 Å². The number of halogens is 4. The number of benzene rings is 2. The summed E-state index contributed by atoms with van der Waals surface area (Å²) >= 11 is 5.98. The zero-order valence-electron chi connectivity index (χ0n) is 13.6. The van der Waals surface area contributed by atoms with Crippen LogP contribution in [-0.2, 0) is 0 Å². The molecule has 4 aromatic rings. The minimum atomic E-state index is -1.65. The van der Waals surface area contributed by atoms with Gasteiger partial charge in [-0.3, -0.25) is 9.59 Å². The summed E-state index contributed by atoms with van der Waals surface area (Å²) in [5, 5.41) is 0.279. The first kappa shape index (κ1) is 16.4. The van der Waals surface area contributed by atoms with E-state index in [4.69, 9.17) is 11.6 Å². The molecule has 1 aliphatic rings. The minimum Gasteiger partial charge on any atom is -0.334 e. The largest absolute Gasteiger partial charge is 0.334 e. The zero-order valence-corrected chi connectivity index (χ0v) is 14.3. The van der Waals surface area contributed by atoms with Crippen LogP contribution in [0.3, 0.4) is 0 Å². The number of fused-ring (bicyclic) bond motifs is 4. The van der Waals surface area contributed by atoms with Crippen molar-refractivity contribution < 1.29 is 13.2 Å². The van der Waals surface area contributed by atoms with Crippen LogP contribution in [0.1, 0.15) is 18.9 Å². The lowest BCUT2D eigenvalue weighted by atomic mass is 10.1. The maximum atomic E-state index is 14.7. The highest BCUT2D eigenvalue weighted by Crippen LogP contribution is 2.41. The third-order valence-corrected chi connectivity index (χ3v) is 5.19. The van der Waals surface area contributed by atoms with Crippen molar-refractivity contribution in [2.45, 2.75) is 18.9 Å². The molecule has 0 amide bonds. The number of hydrogen-bond acceptors (Lipinski definition) is 2. The number of nitrogens with one attached hydrogen (secondary N) is 1. The monoisotopic (exact) mass is 390 g/mol. The van der Waals surface area contributed by atoms with Gasteiger partial charge in [-0.1, -0.05) is 11.6 Å². The highest BCUT2D eigenvalue weighted by Gasteiger charge is 2.31. The van der Waals surface area contributed by atoms with Gasteiger partial charge in [-0.25, -0.2) is 13.2 Å². The molecule has 2 heterocycles. The van der Waals surface area contributed by atoms with Crippen molar-refractivity contribution in [3.8, 4) is 0 Å². The van der Waals surface area contributed by atoms with E-state index in [1.807, 2.05) is 0 Å². The van der Waals surface area contributed by atoms with Gasteiger partial charge in [-0.15, -0.1) is 0 Å². The highest BCUT2D eigenvalue weighted by atomic mass is 35.5. The van der Waals surface area contributed by atoms with Gasteiger partial charge in [0.2, 0.25) is 5.43 Å². The molecule has 5 rings (SSSR count). The molecule has 1 aliphatic carbocycles. The van der Waals surface area contributed by atoms with Gasteiger partial charge >= 0.3 is 0 Å². The first-order valence-corrected chi connectivity index (χ1v) is 8.63. The Kier molecular flexibility index (Phi) is 3.25. The number of aromatic amines is 1. The Morgan fingerprint density at radius 3 is 2.44 bits per heavy atom. The molecule has 2 aromatic carbocycles. The van der Waals surface area contributed by atoms with Crippen molar-refractivity contribution in [1.82, 2.24) is 9.55 Å². The van der Waals surface area contributed by atoms with E-state index in [2.05, 4.69) is 4.98 Å². The smallest absolute Gasteiger partial charge is 0.261 e. The van der Waals surface area contributed by atoms with Crippen LogP contribution < -0.4 is 11.0 Å². The molecular weight excluding hydrogens is 381 g/mol. The lowest BCUT2D eigenvalue weighted by Gasteiger charge is -2.17. The van der Waals surface area contributed by atoms with Crippen molar-refractivity contribution in [1.29, 1.82) is 0 Å². The molecule has 0 bridgehead atoms. The lowest BCUT2D eigenvalue weighted by molar-refractivity contribution is 0.450. The summed E-state index contributed by atoms with van der Waals surface area (Å²) in [5.41, 5.74) is -1.28. The average Bonchev–Trinajstić information content (AvgIpc) is 3.45. The number of H-pyrrole nitrogens is 1. The summed E-state index contributed by atoms with van der Waals surface area (Å²) in [7, 11) is 0. The third-order valence-electron chi connectivity index (χ3n) is 4.95. The SMILES string of the molecule is O=c1[nH]c2cc(Cl)ccc2c2c1c(=O)c1cc(F)c(F)c(F)c1n2C1CC1. The quantitative estimate of drug-likeness (QED) is 0.297. The Morgan fingerprint density at radius 1 is 1.00 bits per heavy atom. The molecule has 0 atom stereocenters. The minimum absolute atomic E-state index is 0.204. The van der Waals surface area contributed by atoms with Crippen LogP contribution in [0.2, 0.25) is 5.02 Å². The fourth-order valence-corrected chi connectivity index (χ4v) is 3.82. The average molecular weight is 391 g/mol. The summed E-state index contributed by atoms with van der Waals surface area (Å²) < 4.78 is 43.9. The molecule has 0 saturated heterocycles. The van der Waals surface area contributed by atoms with Gasteiger partial charge in [0, 0.05) is 16.5 Å². The third kappa shape index (κ3) is 2.18. The summed E-state index contributed by atoms with van der Waals surface area (Å²) in [6.45, 7) is 0. The molecule has 0 unspecified atom stereocenters. The van der Waals surface area contributed by atoms with Gasteiger partial charge < -0.3 is 9.55 Å². The first-order valence-electron chi connectivity index (χ1n) is 8.25. The number of aromatic nitrogens is 2. The lowest BCUT2D eigenvalue weighted by Crippen LogP contribution is -2.22. The van der Waals surface area contributed by atoms with E-state index in [0.29, 0.717) is 34.8 Å². The summed E-state index contributed by atoms with van der Waals surface area (Å²) in [6.07, 6.45) is 1.35. The van der Waals surface area contributed by atoms with E-state index in [1.165, 1.54) is 10.6 Å².